The second-order valence-electron chi connectivity index (χ2n) is 8.44. The van der Waals surface area contributed by atoms with Gasteiger partial charge in [-0.2, -0.15) is 0 Å². The summed E-state index contributed by atoms with van der Waals surface area (Å²) in [5.41, 5.74) is 3.32. The summed E-state index contributed by atoms with van der Waals surface area (Å²) in [7, 11) is 0. The maximum atomic E-state index is 12.9. The van der Waals surface area contributed by atoms with Crippen LogP contribution in [0, 0.1) is 19.8 Å². The number of aromatic nitrogens is 3. The number of halogens is 1. The van der Waals surface area contributed by atoms with E-state index in [0.29, 0.717) is 33.8 Å². The van der Waals surface area contributed by atoms with Crippen molar-refractivity contribution in [2.24, 2.45) is 5.92 Å². The van der Waals surface area contributed by atoms with Gasteiger partial charge in [-0.15, -0.1) is 10.2 Å². The van der Waals surface area contributed by atoms with Gasteiger partial charge in [0.15, 0.2) is 11.0 Å². The zero-order valence-electron chi connectivity index (χ0n) is 20.1. The minimum absolute atomic E-state index is 0.0934. The van der Waals surface area contributed by atoms with Gasteiger partial charge in [0.2, 0.25) is 5.91 Å². The normalized spacial score (nSPS) is 12.0. The molecule has 1 aromatic heterocycles. The lowest BCUT2D eigenvalue weighted by atomic mass is 10.0. The van der Waals surface area contributed by atoms with E-state index in [9.17, 15) is 9.59 Å². The van der Waals surface area contributed by atoms with Crippen molar-refractivity contribution in [3.05, 3.63) is 70.0 Å². The number of thioether (sulfide) groups is 1. The van der Waals surface area contributed by atoms with Crippen LogP contribution in [0.2, 0.25) is 5.02 Å². The maximum absolute atomic E-state index is 12.9. The zero-order valence-corrected chi connectivity index (χ0v) is 21.6. The highest BCUT2D eigenvalue weighted by atomic mass is 35.5. The number of benzene rings is 2. The molecule has 0 spiro atoms. The summed E-state index contributed by atoms with van der Waals surface area (Å²) in [6, 6.07) is 12.5. The van der Waals surface area contributed by atoms with E-state index in [2.05, 4.69) is 20.8 Å². The minimum Gasteiger partial charge on any atom is -0.342 e. The lowest BCUT2D eigenvalue weighted by molar-refractivity contribution is -0.113. The summed E-state index contributed by atoms with van der Waals surface area (Å²) in [4.78, 5) is 25.4. The molecule has 0 saturated carbocycles. The van der Waals surface area contributed by atoms with Crippen molar-refractivity contribution in [2.75, 3.05) is 11.1 Å². The monoisotopic (exact) mass is 499 g/mol. The van der Waals surface area contributed by atoms with E-state index >= 15 is 0 Å². The molecular formula is C25H30ClN5O2S. The van der Waals surface area contributed by atoms with E-state index in [1.54, 1.807) is 12.1 Å². The summed E-state index contributed by atoms with van der Waals surface area (Å²) in [6.45, 7) is 10.6. The van der Waals surface area contributed by atoms with Gasteiger partial charge in [-0.1, -0.05) is 61.0 Å². The molecule has 2 amide bonds. The van der Waals surface area contributed by atoms with E-state index in [1.165, 1.54) is 11.8 Å². The highest BCUT2D eigenvalue weighted by Gasteiger charge is 2.26. The van der Waals surface area contributed by atoms with Crippen LogP contribution in [0.25, 0.3) is 0 Å². The van der Waals surface area contributed by atoms with Gasteiger partial charge >= 0.3 is 0 Å². The van der Waals surface area contributed by atoms with Crippen molar-refractivity contribution in [1.82, 2.24) is 20.1 Å². The second kappa shape index (κ2) is 11.5. The standard InChI is InChI=1S/C25H30ClN5O2S/c1-6-31-23(22(15(2)3)28-24(33)18-10-7-16(4)8-11-18)29-30-25(31)34-14-21(32)27-20-13-19(26)12-9-17(20)5/h7-13,15,22H,6,14H2,1-5H3,(H,27,32)(H,28,33)/t22-/m1/s1. The van der Waals surface area contributed by atoms with Crippen molar-refractivity contribution in [1.29, 1.82) is 0 Å². The van der Waals surface area contributed by atoms with Crippen LogP contribution >= 0.6 is 23.4 Å². The Labute approximate surface area is 209 Å². The number of hydrogen-bond donors (Lipinski definition) is 2. The molecule has 0 fully saturated rings. The predicted molar refractivity (Wildman–Crippen MR) is 137 cm³/mol. The third kappa shape index (κ3) is 6.39. The third-order valence-electron chi connectivity index (χ3n) is 5.41. The molecule has 3 aromatic rings. The number of carbonyl (C=O) groups excluding carboxylic acids is 2. The molecule has 2 aromatic carbocycles. The number of anilines is 1. The molecule has 1 atom stereocenters. The van der Waals surface area contributed by atoms with Gasteiger partial charge in [-0.05, 0) is 56.5 Å². The number of amides is 2. The Balaban J connectivity index is 1.72. The van der Waals surface area contributed by atoms with Gasteiger partial charge < -0.3 is 15.2 Å². The number of rotatable bonds is 9. The molecule has 0 aliphatic carbocycles. The molecule has 7 nitrogen and oxygen atoms in total. The molecule has 2 N–H and O–H groups in total. The van der Waals surface area contributed by atoms with E-state index < -0.39 is 0 Å². The Kier molecular flexibility index (Phi) is 8.74. The van der Waals surface area contributed by atoms with Gasteiger partial charge in [0, 0.05) is 22.8 Å². The van der Waals surface area contributed by atoms with Crippen molar-refractivity contribution >= 4 is 40.9 Å². The lowest BCUT2D eigenvalue weighted by Gasteiger charge is -2.22. The van der Waals surface area contributed by atoms with Crippen molar-refractivity contribution in [3.63, 3.8) is 0 Å². The highest BCUT2D eigenvalue weighted by molar-refractivity contribution is 7.99. The fourth-order valence-corrected chi connectivity index (χ4v) is 4.42. The van der Waals surface area contributed by atoms with E-state index in [-0.39, 0.29) is 29.5 Å². The lowest BCUT2D eigenvalue weighted by Crippen LogP contribution is -2.33. The van der Waals surface area contributed by atoms with Crippen LogP contribution in [0.1, 0.15) is 54.1 Å². The summed E-state index contributed by atoms with van der Waals surface area (Å²) < 4.78 is 1.95. The highest BCUT2D eigenvalue weighted by Crippen LogP contribution is 2.26. The first-order chi connectivity index (χ1) is 16.2. The van der Waals surface area contributed by atoms with Gasteiger partial charge in [0.25, 0.3) is 5.91 Å². The Morgan fingerprint density at radius 1 is 1.09 bits per heavy atom. The van der Waals surface area contributed by atoms with Crippen LogP contribution in [-0.2, 0) is 11.3 Å². The topological polar surface area (TPSA) is 88.9 Å². The first kappa shape index (κ1) is 25.8. The molecule has 0 unspecified atom stereocenters. The van der Waals surface area contributed by atoms with E-state index in [1.807, 2.05) is 69.5 Å². The van der Waals surface area contributed by atoms with Crippen LogP contribution in [0.4, 0.5) is 5.69 Å². The maximum Gasteiger partial charge on any atom is 0.251 e. The number of hydrogen-bond acceptors (Lipinski definition) is 5. The van der Waals surface area contributed by atoms with Crippen LogP contribution in [-0.4, -0.2) is 32.3 Å². The number of nitrogens with one attached hydrogen (secondary N) is 2. The molecule has 0 bridgehead atoms. The fraction of sp³-hybridized carbons (Fsp3) is 0.360. The summed E-state index contributed by atoms with van der Waals surface area (Å²) >= 11 is 7.35. The molecule has 1 heterocycles. The summed E-state index contributed by atoms with van der Waals surface area (Å²) in [5, 5.41) is 15.9. The smallest absolute Gasteiger partial charge is 0.251 e. The average Bonchev–Trinajstić information content (AvgIpc) is 3.21. The van der Waals surface area contributed by atoms with Crippen LogP contribution in [0.5, 0.6) is 0 Å². The van der Waals surface area contributed by atoms with Gasteiger partial charge in [-0.3, -0.25) is 9.59 Å². The van der Waals surface area contributed by atoms with Crippen molar-refractivity contribution in [3.8, 4) is 0 Å². The zero-order chi connectivity index (χ0) is 24.8. The minimum atomic E-state index is -0.321. The van der Waals surface area contributed by atoms with Gasteiger partial charge in [-0.25, -0.2) is 0 Å². The molecule has 0 aliphatic heterocycles. The summed E-state index contributed by atoms with van der Waals surface area (Å²) in [6.07, 6.45) is 0. The summed E-state index contributed by atoms with van der Waals surface area (Å²) in [5.74, 6) is 0.625. The first-order valence-electron chi connectivity index (χ1n) is 11.2. The van der Waals surface area contributed by atoms with E-state index in [4.69, 9.17) is 11.6 Å². The molecule has 34 heavy (non-hydrogen) atoms. The second-order valence-corrected chi connectivity index (χ2v) is 9.82. The Morgan fingerprint density at radius 3 is 2.44 bits per heavy atom. The van der Waals surface area contributed by atoms with Crippen molar-refractivity contribution < 1.29 is 9.59 Å². The Morgan fingerprint density at radius 2 is 1.79 bits per heavy atom. The number of aryl methyl sites for hydroxylation is 2. The molecule has 0 aliphatic rings. The average molecular weight is 500 g/mol. The number of carbonyl (C=O) groups is 2. The van der Waals surface area contributed by atoms with Crippen molar-refractivity contribution in [2.45, 2.75) is 52.4 Å². The van der Waals surface area contributed by atoms with Gasteiger partial charge in [0.05, 0.1) is 11.8 Å². The predicted octanol–water partition coefficient (Wildman–Crippen LogP) is 5.43. The largest absolute Gasteiger partial charge is 0.342 e. The fourth-order valence-electron chi connectivity index (χ4n) is 3.44. The number of nitrogens with zero attached hydrogens (tertiary/aromatic N) is 3. The molecule has 3 rings (SSSR count). The van der Waals surface area contributed by atoms with Crippen LogP contribution in [0.15, 0.2) is 47.6 Å². The SMILES string of the molecule is CCn1c(SCC(=O)Nc2cc(Cl)ccc2C)nnc1[C@H](NC(=O)c1ccc(C)cc1)C(C)C. The molecule has 0 saturated heterocycles. The molecule has 9 heteroatoms. The Hall–Kier alpha value is -2.84. The van der Waals surface area contributed by atoms with Crippen LogP contribution < -0.4 is 10.6 Å². The van der Waals surface area contributed by atoms with Crippen LogP contribution in [0.3, 0.4) is 0 Å². The molecule has 180 valence electrons. The molecular weight excluding hydrogens is 470 g/mol. The van der Waals surface area contributed by atoms with E-state index in [0.717, 1.165) is 11.1 Å². The quantitative estimate of drug-likeness (QED) is 0.383. The van der Waals surface area contributed by atoms with Gasteiger partial charge in [0.1, 0.15) is 0 Å². The molecule has 0 radical (unpaired) electrons. The third-order valence-corrected chi connectivity index (χ3v) is 6.61. The Bertz CT molecular complexity index is 1160. The first-order valence-corrected chi connectivity index (χ1v) is 12.5.